The fraction of sp³-hybridized carbons (Fsp3) is 0.625. The van der Waals surface area contributed by atoms with Crippen LogP contribution in [-0.4, -0.2) is 19.6 Å². The first-order valence-corrected chi connectivity index (χ1v) is 7.17. The van der Waals surface area contributed by atoms with Crippen LogP contribution < -0.4 is 10.2 Å². The number of benzene rings is 1. The Morgan fingerprint density at radius 1 is 1.11 bits per heavy atom. The Hall–Kier alpha value is -1.02. The smallest absolute Gasteiger partial charge is 0.0363 e. The van der Waals surface area contributed by atoms with Crippen LogP contribution in [0.2, 0.25) is 0 Å². The second kappa shape index (κ2) is 8.15. The first-order valence-electron chi connectivity index (χ1n) is 7.17. The summed E-state index contributed by atoms with van der Waals surface area (Å²) in [6.07, 6.45) is 3.89. The normalized spacial score (nSPS) is 10.9. The predicted molar refractivity (Wildman–Crippen MR) is 81.2 cm³/mol. The van der Waals surface area contributed by atoms with E-state index in [-0.39, 0.29) is 0 Å². The molecule has 2 nitrogen and oxygen atoms in total. The molecule has 0 aliphatic carbocycles. The molecule has 0 amide bonds. The molecule has 0 aromatic heterocycles. The van der Waals surface area contributed by atoms with Crippen LogP contribution in [0, 0.1) is 0 Å². The van der Waals surface area contributed by atoms with Crippen molar-refractivity contribution in [3.05, 3.63) is 29.8 Å². The number of hydrogen-bond acceptors (Lipinski definition) is 2. The monoisotopic (exact) mass is 248 g/mol. The highest BCUT2D eigenvalue weighted by Gasteiger charge is 2.01. The van der Waals surface area contributed by atoms with E-state index in [4.69, 9.17) is 0 Å². The van der Waals surface area contributed by atoms with Crippen LogP contribution >= 0.6 is 0 Å². The summed E-state index contributed by atoms with van der Waals surface area (Å²) in [6, 6.07) is 9.44. The van der Waals surface area contributed by atoms with Gasteiger partial charge in [0.05, 0.1) is 0 Å². The molecule has 0 heterocycles. The van der Waals surface area contributed by atoms with Crippen molar-refractivity contribution >= 4 is 5.69 Å². The zero-order chi connectivity index (χ0) is 13.4. The van der Waals surface area contributed by atoms with Crippen LogP contribution in [0.15, 0.2) is 24.3 Å². The topological polar surface area (TPSA) is 15.3 Å². The third-order valence-corrected chi connectivity index (χ3v) is 3.19. The zero-order valence-corrected chi connectivity index (χ0v) is 12.4. The first kappa shape index (κ1) is 15.0. The Labute approximate surface area is 112 Å². The number of anilines is 1. The van der Waals surface area contributed by atoms with Crippen LogP contribution in [0.25, 0.3) is 0 Å². The van der Waals surface area contributed by atoms with Gasteiger partial charge in [0.2, 0.25) is 0 Å². The first-order chi connectivity index (χ1) is 8.63. The van der Waals surface area contributed by atoms with E-state index in [1.807, 2.05) is 0 Å². The lowest BCUT2D eigenvalue weighted by atomic mass is 10.1. The maximum atomic E-state index is 3.44. The van der Waals surface area contributed by atoms with Crippen molar-refractivity contribution in [2.75, 3.05) is 18.5 Å². The number of hydrogen-bond donors (Lipinski definition) is 1. The Bertz CT molecular complexity index is 316. The fourth-order valence-electron chi connectivity index (χ4n) is 1.92. The summed E-state index contributed by atoms with van der Waals surface area (Å²) in [5.41, 5.74) is 2.67. The zero-order valence-electron chi connectivity index (χ0n) is 12.4. The maximum Gasteiger partial charge on any atom is 0.0363 e. The third-order valence-electron chi connectivity index (χ3n) is 3.19. The van der Waals surface area contributed by atoms with Gasteiger partial charge in [0, 0.05) is 31.9 Å². The summed E-state index contributed by atoms with van der Waals surface area (Å²) in [6.45, 7) is 8.71. The number of nitrogens with one attached hydrogen (secondary N) is 1. The lowest BCUT2D eigenvalue weighted by Crippen LogP contribution is -2.22. The van der Waals surface area contributed by atoms with E-state index in [1.165, 1.54) is 30.5 Å². The van der Waals surface area contributed by atoms with Crippen molar-refractivity contribution < 1.29 is 0 Å². The van der Waals surface area contributed by atoms with E-state index in [0.717, 1.165) is 13.1 Å². The Balaban J connectivity index is 2.43. The number of unbranched alkanes of at least 4 members (excludes halogenated alkanes) is 2. The second-order valence-electron chi connectivity index (χ2n) is 5.33. The summed E-state index contributed by atoms with van der Waals surface area (Å²) in [5, 5.41) is 3.44. The molecule has 0 atom stereocenters. The van der Waals surface area contributed by atoms with Gasteiger partial charge in [-0.15, -0.1) is 0 Å². The molecule has 0 aliphatic heterocycles. The fourth-order valence-corrected chi connectivity index (χ4v) is 1.92. The standard InChI is InChI=1S/C16H28N2/c1-5-6-7-12-18(4)16-10-8-15(9-11-16)13-17-14(2)3/h8-11,14,17H,5-7,12-13H2,1-4H3. The molecule has 0 saturated heterocycles. The molecule has 102 valence electrons. The van der Waals surface area contributed by atoms with Crippen molar-refractivity contribution in [2.45, 2.75) is 52.6 Å². The molecular formula is C16H28N2. The summed E-state index contributed by atoms with van der Waals surface area (Å²) in [7, 11) is 2.18. The molecule has 2 heteroatoms. The van der Waals surface area contributed by atoms with E-state index < -0.39 is 0 Å². The van der Waals surface area contributed by atoms with Gasteiger partial charge in [0.15, 0.2) is 0 Å². The SMILES string of the molecule is CCCCCN(C)c1ccc(CNC(C)C)cc1. The molecule has 0 fully saturated rings. The summed E-state index contributed by atoms with van der Waals surface area (Å²) < 4.78 is 0. The van der Waals surface area contributed by atoms with Gasteiger partial charge in [0.25, 0.3) is 0 Å². The number of nitrogens with zero attached hydrogens (tertiary/aromatic N) is 1. The van der Waals surface area contributed by atoms with Crippen LogP contribution in [-0.2, 0) is 6.54 Å². The van der Waals surface area contributed by atoms with Crippen LogP contribution in [0.5, 0.6) is 0 Å². The van der Waals surface area contributed by atoms with Crippen molar-refractivity contribution in [3.63, 3.8) is 0 Å². The van der Waals surface area contributed by atoms with Gasteiger partial charge < -0.3 is 10.2 Å². The molecule has 0 aliphatic rings. The average molecular weight is 248 g/mol. The van der Waals surface area contributed by atoms with Gasteiger partial charge in [-0.2, -0.15) is 0 Å². The number of rotatable bonds is 8. The van der Waals surface area contributed by atoms with Crippen molar-refractivity contribution in [2.24, 2.45) is 0 Å². The largest absolute Gasteiger partial charge is 0.375 e. The van der Waals surface area contributed by atoms with Gasteiger partial charge in [-0.25, -0.2) is 0 Å². The minimum Gasteiger partial charge on any atom is -0.375 e. The van der Waals surface area contributed by atoms with E-state index >= 15 is 0 Å². The highest BCUT2D eigenvalue weighted by molar-refractivity contribution is 5.46. The Kier molecular flexibility index (Phi) is 6.81. The van der Waals surface area contributed by atoms with E-state index in [9.17, 15) is 0 Å². The molecule has 0 bridgehead atoms. The minimum atomic E-state index is 0.543. The average Bonchev–Trinajstić information content (AvgIpc) is 2.37. The molecular weight excluding hydrogens is 220 g/mol. The quantitative estimate of drug-likeness (QED) is 0.704. The van der Waals surface area contributed by atoms with Crippen molar-refractivity contribution in [1.82, 2.24) is 5.32 Å². The van der Waals surface area contributed by atoms with Gasteiger partial charge in [0.1, 0.15) is 0 Å². The molecule has 0 spiro atoms. The lowest BCUT2D eigenvalue weighted by molar-refractivity contribution is 0.589. The third kappa shape index (κ3) is 5.54. The Morgan fingerprint density at radius 2 is 1.78 bits per heavy atom. The van der Waals surface area contributed by atoms with Gasteiger partial charge >= 0.3 is 0 Å². The maximum absolute atomic E-state index is 3.44. The highest BCUT2D eigenvalue weighted by Crippen LogP contribution is 2.14. The summed E-state index contributed by atoms with van der Waals surface area (Å²) >= 11 is 0. The van der Waals surface area contributed by atoms with E-state index in [0.29, 0.717) is 6.04 Å². The summed E-state index contributed by atoms with van der Waals surface area (Å²) in [4.78, 5) is 2.34. The molecule has 1 N–H and O–H groups in total. The highest BCUT2D eigenvalue weighted by atomic mass is 15.1. The summed E-state index contributed by atoms with van der Waals surface area (Å²) in [5.74, 6) is 0. The van der Waals surface area contributed by atoms with Crippen LogP contribution in [0.4, 0.5) is 5.69 Å². The van der Waals surface area contributed by atoms with Gasteiger partial charge in [-0.1, -0.05) is 45.7 Å². The molecule has 0 unspecified atom stereocenters. The van der Waals surface area contributed by atoms with E-state index in [2.05, 4.69) is 62.3 Å². The minimum absolute atomic E-state index is 0.543. The molecule has 0 radical (unpaired) electrons. The van der Waals surface area contributed by atoms with Crippen LogP contribution in [0.1, 0.15) is 45.6 Å². The molecule has 1 aromatic carbocycles. The van der Waals surface area contributed by atoms with Gasteiger partial charge in [-0.3, -0.25) is 0 Å². The Morgan fingerprint density at radius 3 is 2.33 bits per heavy atom. The van der Waals surface area contributed by atoms with Crippen LogP contribution in [0.3, 0.4) is 0 Å². The second-order valence-corrected chi connectivity index (χ2v) is 5.33. The van der Waals surface area contributed by atoms with Crippen molar-refractivity contribution in [1.29, 1.82) is 0 Å². The molecule has 1 aromatic rings. The van der Waals surface area contributed by atoms with Gasteiger partial charge in [-0.05, 0) is 24.1 Å². The van der Waals surface area contributed by atoms with E-state index in [1.54, 1.807) is 0 Å². The molecule has 1 rings (SSSR count). The molecule has 18 heavy (non-hydrogen) atoms. The predicted octanol–water partition coefficient (Wildman–Crippen LogP) is 3.81. The van der Waals surface area contributed by atoms with Crippen molar-refractivity contribution in [3.8, 4) is 0 Å². The lowest BCUT2D eigenvalue weighted by Gasteiger charge is -2.19. The molecule has 0 saturated carbocycles.